The van der Waals surface area contributed by atoms with Gasteiger partial charge in [0.1, 0.15) is 11.2 Å². The number of nitrogen functional groups attached to an aromatic ring is 1. The fraction of sp³-hybridized carbons (Fsp3) is 0.294. The van der Waals surface area contributed by atoms with Gasteiger partial charge in [-0.2, -0.15) is 0 Å². The summed E-state index contributed by atoms with van der Waals surface area (Å²) in [5.41, 5.74) is 7.10. The van der Waals surface area contributed by atoms with Gasteiger partial charge in [-0.05, 0) is 19.4 Å². The Labute approximate surface area is 139 Å². The summed E-state index contributed by atoms with van der Waals surface area (Å²) in [6.45, 7) is 4.01. The summed E-state index contributed by atoms with van der Waals surface area (Å²) >= 11 is 0. The number of rotatable bonds is 3. The van der Waals surface area contributed by atoms with Crippen LogP contribution in [0, 0.1) is 0 Å². The molecule has 124 valence electrons. The Kier molecular flexibility index (Phi) is 4.41. The van der Waals surface area contributed by atoms with Crippen molar-refractivity contribution in [3.63, 3.8) is 0 Å². The highest BCUT2D eigenvalue weighted by Gasteiger charge is 2.21. The van der Waals surface area contributed by atoms with Crippen molar-refractivity contribution in [3.8, 4) is 0 Å². The fourth-order valence-electron chi connectivity index (χ4n) is 2.65. The molecule has 0 spiro atoms. The van der Waals surface area contributed by atoms with Crippen LogP contribution < -0.4 is 21.8 Å². The molecule has 2 aromatic rings. The number of hydrogen-bond acceptors (Lipinski definition) is 6. The van der Waals surface area contributed by atoms with Crippen LogP contribution in [-0.2, 0) is 4.74 Å². The van der Waals surface area contributed by atoms with Crippen molar-refractivity contribution in [1.82, 2.24) is 4.98 Å². The molecule has 3 N–H and O–H groups in total. The maximum atomic E-state index is 11.5. The van der Waals surface area contributed by atoms with E-state index in [4.69, 9.17) is 15.5 Å². The molecule has 0 fully saturated rings. The second kappa shape index (κ2) is 6.66. The molecule has 1 aliphatic rings. The van der Waals surface area contributed by atoms with Crippen molar-refractivity contribution >= 4 is 17.7 Å². The van der Waals surface area contributed by atoms with Crippen LogP contribution in [-0.4, -0.2) is 23.7 Å². The van der Waals surface area contributed by atoms with Crippen molar-refractivity contribution in [2.75, 3.05) is 17.7 Å². The number of amides is 1. The summed E-state index contributed by atoms with van der Waals surface area (Å²) in [4.78, 5) is 25.1. The first-order valence-corrected chi connectivity index (χ1v) is 7.79. The Morgan fingerprint density at radius 3 is 2.75 bits per heavy atom. The van der Waals surface area contributed by atoms with Gasteiger partial charge in [-0.3, -0.25) is 15.3 Å². The Bertz CT molecular complexity index is 867. The molecule has 0 saturated carbocycles. The molecular weight excluding hydrogens is 306 g/mol. The molecule has 2 atom stereocenters. The number of fused-ring (bicyclic) bond motifs is 1. The molecule has 7 heteroatoms. The van der Waals surface area contributed by atoms with Gasteiger partial charge in [-0.1, -0.05) is 30.3 Å². The number of nitrogens with two attached hydrogens (primary N) is 1. The normalized spacial score (nSPS) is 18.8. The lowest BCUT2D eigenvalue weighted by atomic mass is 10.0. The van der Waals surface area contributed by atoms with Gasteiger partial charge in [0.15, 0.2) is 5.82 Å². The lowest BCUT2D eigenvalue weighted by Crippen LogP contribution is -2.37. The standard InChI is InChI=1S/C17H19N5O2/c1-3-24-17(23)21-13-9-12-15(16(18)20-13)22-14(10(2)19-12)11-7-5-4-6-8-11/h4-10,14H,3H2,1-2H3,(H2,18,20)(H,21,23)/t10-,14?/m1/s1. The van der Waals surface area contributed by atoms with Crippen LogP contribution in [0.15, 0.2) is 46.4 Å². The van der Waals surface area contributed by atoms with Crippen LogP contribution in [0.2, 0.25) is 0 Å². The molecule has 1 amide bonds. The van der Waals surface area contributed by atoms with E-state index < -0.39 is 6.09 Å². The van der Waals surface area contributed by atoms with Gasteiger partial charge in [0, 0.05) is 6.07 Å². The minimum absolute atomic E-state index is 0.0443. The Morgan fingerprint density at radius 2 is 2.04 bits per heavy atom. The van der Waals surface area contributed by atoms with Gasteiger partial charge in [-0.25, -0.2) is 9.78 Å². The minimum Gasteiger partial charge on any atom is -0.450 e. The number of pyridine rings is 1. The number of aromatic nitrogens is 1. The van der Waals surface area contributed by atoms with Crippen LogP contribution in [0.3, 0.4) is 0 Å². The zero-order chi connectivity index (χ0) is 17.1. The van der Waals surface area contributed by atoms with Crippen LogP contribution >= 0.6 is 0 Å². The van der Waals surface area contributed by atoms with E-state index in [-0.39, 0.29) is 24.5 Å². The highest BCUT2D eigenvalue weighted by atomic mass is 16.5. The maximum Gasteiger partial charge on any atom is 0.412 e. The van der Waals surface area contributed by atoms with E-state index in [1.165, 1.54) is 0 Å². The van der Waals surface area contributed by atoms with Crippen molar-refractivity contribution in [2.24, 2.45) is 9.98 Å². The van der Waals surface area contributed by atoms with E-state index in [1.807, 2.05) is 37.3 Å². The van der Waals surface area contributed by atoms with Crippen LogP contribution in [0.4, 0.5) is 16.4 Å². The van der Waals surface area contributed by atoms with E-state index in [0.717, 1.165) is 5.56 Å². The van der Waals surface area contributed by atoms with E-state index >= 15 is 0 Å². The summed E-state index contributed by atoms with van der Waals surface area (Å²) in [6, 6.07) is 11.5. The molecule has 1 aromatic carbocycles. The molecule has 1 aliphatic heterocycles. The van der Waals surface area contributed by atoms with Crippen LogP contribution in [0.1, 0.15) is 25.5 Å². The predicted octanol–water partition coefficient (Wildman–Crippen LogP) is 1.61. The van der Waals surface area contributed by atoms with Crippen molar-refractivity contribution in [1.29, 1.82) is 0 Å². The number of hydrogen-bond donors (Lipinski definition) is 2. The Hall–Kier alpha value is -2.96. The SMILES string of the molecule is CCOC(=O)Nc1cc2c(c(N)n1)=NC(c1ccccc1)[C@@H](C)N=2. The molecule has 1 aromatic heterocycles. The zero-order valence-corrected chi connectivity index (χ0v) is 13.6. The third kappa shape index (κ3) is 3.19. The lowest BCUT2D eigenvalue weighted by molar-refractivity contribution is 0.168. The third-order valence-corrected chi connectivity index (χ3v) is 3.71. The molecule has 0 radical (unpaired) electrons. The Balaban J connectivity index is 2.00. The molecule has 0 bridgehead atoms. The lowest BCUT2D eigenvalue weighted by Gasteiger charge is -2.21. The fourth-order valence-corrected chi connectivity index (χ4v) is 2.65. The number of anilines is 2. The molecule has 3 rings (SSSR count). The van der Waals surface area contributed by atoms with Crippen molar-refractivity contribution < 1.29 is 9.53 Å². The minimum atomic E-state index is -0.577. The van der Waals surface area contributed by atoms with E-state index in [0.29, 0.717) is 16.5 Å². The summed E-state index contributed by atoms with van der Waals surface area (Å²) in [7, 11) is 0. The molecule has 24 heavy (non-hydrogen) atoms. The number of ether oxygens (including phenoxy) is 1. The molecule has 2 heterocycles. The maximum absolute atomic E-state index is 11.5. The van der Waals surface area contributed by atoms with E-state index in [1.54, 1.807) is 13.0 Å². The van der Waals surface area contributed by atoms with E-state index in [9.17, 15) is 4.79 Å². The van der Waals surface area contributed by atoms with Crippen LogP contribution in [0.5, 0.6) is 0 Å². The Morgan fingerprint density at radius 1 is 1.29 bits per heavy atom. The highest BCUT2D eigenvalue weighted by molar-refractivity contribution is 5.83. The average Bonchev–Trinajstić information content (AvgIpc) is 2.55. The number of carbonyl (C=O) groups excluding carboxylic acids is 1. The van der Waals surface area contributed by atoms with Gasteiger partial charge in [0.25, 0.3) is 0 Å². The van der Waals surface area contributed by atoms with Crippen LogP contribution in [0.25, 0.3) is 0 Å². The van der Waals surface area contributed by atoms with Gasteiger partial charge in [-0.15, -0.1) is 0 Å². The molecule has 1 unspecified atom stereocenters. The van der Waals surface area contributed by atoms with Gasteiger partial charge < -0.3 is 10.5 Å². The van der Waals surface area contributed by atoms with Gasteiger partial charge in [0.05, 0.1) is 24.0 Å². The second-order valence-electron chi connectivity index (χ2n) is 5.46. The van der Waals surface area contributed by atoms with E-state index in [2.05, 4.69) is 15.3 Å². The third-order valence-electron chi connectivity index (χ3n) is 3.71. The average molecular weight is 325 g/mol. The highest BCUT2D eigenvalue weighted by Crippen LogP contribution is 2.23. The predicted molar refractivity (Wildman–Crippen MR) is 90.3 cm³/mol. The van der Waals surface area contributed by atoms with Gasteiger partial charge >= 0.3 is 6.09 Å². The second-order valence-corrected chi connectivity index (χ2v) is 5.46. The topological polar surface area (TPSA) is 102 Å². The van der Waals surface area contributed by atoms with Crippen molar-refractivity contribution in [2.45, 2.75) is 25.9 Å². The largest absolute Gasteiger partial charge is 0.450 e. The summed E-state index contributed by atoms with van der Waals surface area (Å²) in [5.74, 6) is 0.532. The molecule has 0 aliphatic carbocycles. The first kappa shape index (κ1) is 15.9. The summed E-state index contributed by atoms with van der Waals surface area (Å²) in [6.07, 6.45) is -0.577. The molecular formula is C17H19N5O2. The molecule has 7 nitrogen and oxygen atoms in total. The smallest absolute Gasteiger partial charge is 0.412 e. The zero-order valence-electron chi connectivity index (χ0n) is 13.6. The van der Waals surface area contributed by atoms with Crippen molar-refractivity contribution in [3.05, 3.63) is 52.7 Å². The summed E-state index contributed by atoms with van der Waals surface area (Å²) < 4.78 is 4.84. The monoisotopic (exact) mass is 325 g/mol. The number of nitrogens with zero attached hydrogens (tertiary/aromatic N) is 3. The molecule has 0 saturated heterocycles. The summed E-state index contributed by atoms with van der Waals surface area (Å²) in [5, 5.41) is 3.71. The van der Waals surface area contributed by atoms with Gasteiger partial charge in [0.2, 0.25) is 0 Å². The number of nitrogens with one attached hydrogen (secondary N) is 1. The number of benzene rings is 1. The first-order valence-electron chi connectivity index (χ1n) is 7.79. The first-order chi connectivity index (χ1) is 11.6. The number of carbonyl (C=O) groups is 1. The quantitative estimate of drug-likeness (QED) is 0.895.